The fraction of sp³-hybridized carbons (Fsp3) is 0.176. The highest BCUT2D eigenvalue weighted by molar-refractivity contribution is 5.85. The van der Waals surface area contributed by atoms with Gasteiger partial charge < -0.3 is 18.9 Å². The number of rotatable bonds is 2. The highest BCUT2D eigenvalue weighted by Crippen LogP contribution is 2.27. The topological polar surface area (TPSA) is 95.6 Å². The molecular weight excluding hydrogens is 544 g/mol. The summed E-state index contributed by atoms with van der Waals surface area (Å²) in [5.74, 6) is 2.05. The first-order valence-electron chi connectivity index (χ1n) is 14.0. The predicted molar refractivity (Wildman–Crippen MR) is 167 cm³/mol. The molecule has 0 saturated carbocycles. The number of para-hydroxylation sites is 4. The van der Waals surface area contributed by atoms with Crippen molar-refractivity contribution in [3.05, 3.63) is 119 Å². The molecule has 0 atom stereocenters. The van der Waals surface area contributed by atoms with E-state index in [1.165, 1.54) is 0 Å². The van der Waals surface area contributed by atoms with Crippen LogP contribution in [0.4, 0.5) is 0 Å². The summed E-state index contributed by atoms with van der Waals surface area (Å²) in [5, 5.41) is 0. The minimum absolute atomic E-state index is 0.513. The van der Waals surface area contributed by atoms with Crippen LogP contribution < -0.4 is 18.9 Å². The Morgan fingerprint density at radius 2 is 0.651 bits per heavy atom. The molecule has 9 nitrogen and oxygen atoms in total. The molecule has 0 N–H and O–H groups in total. The molecule has 0 aromatic heterocycles. The molecule has 4 aromatic rings. The van der Waals surface area contributed by atoms with Gasteiger partial charge in [0, 0.05) is 47.1 Å². The summed E-state index contributed by atoms with van der Waals surface area (Å²) < 4.78 is 31.7. The van der Waals surface area contributed by atoms with Crippen molar-refractivity contribution >= 4 is 24.9 Å². The number of hydrogen-bond acceptors (Lipinski definition) is 9. The zero-order valence-corrected chi connectivity index (χ0v) is 23.4. The van der Waals surface area contributed by atoms with Crippen LogP contribution in [0, 0.1) is 0 Å². The van der Waals surface area contributed by atoms with Crippen LogP contribution in [0.1, 0.15) is 22.3 Å². The van der Waals surface area contributed by atoms with Gasteiger partial charge in [-0.2, -0.15) is 0 Å². The maximum Gasteiger partial charge on any atom is 0.366 e. The molecule has 2 aliphatic heterocycles. The van der Waals surface area contributed by atoms with Gasteiger partial charge in [-0.3, -0.25) is 20.0 Å². The van der Waals surface area contributed by atoms with Crippen molar-refractivity contribution < 1.29 is 23.7 Å². The van der Waals surface area contributed by atoms with E-state index >= 15 is 0 Å². The summed E-state index contributed by atoms with van der Waals surface area (Å²) in [7, 11) is 0. The van der Waals surface area contributed by atoms with Gasteiger partial charge in [0.15, 0.2) is 0 Å². The third kappa shape index (κ3) is 7.52. The van der Waals surface area contributed by atoms with Crippen LogP contribution in [0.25, 0.3) is 0 Å². The molecule has 4 aromatic carbocycles. The number of hydrogen-bond donors (Lipinski definition) is 0. The van der Waals surface area contributed by atoms with Crippen molar-refractivity contribution in [2.45, 2.75) is 13.0 Å². The third-order valence-corrected chi connectivity index (χ3v) is 6.43. The Bertz CT molecular complexity index is 1410. The molecule has 0 saturated heterocycles. The molecule has 0 aliphatic carbocycles. The number of benzene rings is 4. The van der Waals surface area contributed by atoms with Crippen LogP contribution in [0.2, 0.25) is 0 Å². The van der Waals surface area contributed by atoms with Gasteiger partial charge in [0.1, 0.15) is 23.0 Å². The lowest BCUT2D eigenvalue weighted by Gasteiger charge is -2.27. The maximum absolute atomic E-state index is 6.36. The lowest BCUT2D eigenvalue weighted by Crippen LogP contribution is -2.38. The van der Waals surface area contributed by atoms with Crippen LogP contribution in [-0.4, -0.2) is 64.0 Å². The van der Waals surface area contributed by atoms with E-state index in [-0.39, 0.29) is 0 Å². The fourth-order valence-corrected chi connectivity index (χ4v) is 4.33. The SMILES string of the molecule is C1=NCCN=Cc2ccccc2OC(OC2Oc3ccccc3C=NCCN=Cc3ccccc3O2)Oc2ccccc21. The number of nitrogens with zero attached hydrogens (tertiary/aromatic N) is 4. The summed E-state index contributed by atoms with van der Waals surface area (Å²) in [5.41, 5.74) is 3.04. The van der Waals surface area contributed by atoms with Crippen molar-refractivity contribution in [1.29, 1.82) is 0 Å². The average Bonchev–Trinajstić information content (AvgIpc) is 3.05. The summed E-state index contributed by atoms with van der Waals surface area (Å²) in [6, 6.07) is 30.1. The van der Waals surface area contributed by atoms with Crippen molar-refractivity contribution in [1.82, 2.24) is 0 Å². The van der Waals surface area contributed by atoms with Crippen molar-refractivity contribution in [3.8, 4) is 23.0 Å². The standard InChI is InChI=1S/C34H30N4O5/c1-5-13-29-25(9-1)21-35-17-18-36-22-26-10-2-6-14-30(26)40-33(39-29)43-34-41-31-15-7-3-11-27(31)23-37-19-20-38-24-28-12-4-8-16-32(28)42-34/h1-16,21-24,33-34H,17-20H2. The monoisotopic (exact) mass is 574 g/mol. The van der Waals surface area contributed by atoms with Gasteiger partial charge >= 0.3 is 13.0 Å². The van der Waals surface area contributed by atoms with Gasteiger partial charge in [0.05, 0.1) is 26.2 Å². The zero-order chi connectivity index (χ0) is 29.1. The first-order valence-corrected chi connectivity index (χ1v) is 14.0. The largest absolute Gasteiger partial charge is 0.431 e. The second kappa shape index (κ2) is 14.1. The van der Waals surface area contributed by atoms with Gasteiger partial charge in [-0.05, 0) is 48.5 Å². The normalized spacial score (nSPS) is 18.3. The summed E-state index contributed by atoms with van der Waals surface area (Å²) in [6.45, 7) is -0.475. The van der Waals surface area contributed by atoms with E-state index in [1.807, 2.05) is 97.1 Å². The molecule has 216 valence electrons. The second-order valence-electron chi connectivity index (χ2n) is 9.48. The number of fused-ring (bicyclic) bond motifs is 4. The molecule has 0 radical (unpaired) electrons. The lowest BCUT2D eigenvalue weighted by atomic mass is 10.2. The maximum atomic E-state index is 6.36. The minimum Gasteiger partial charge on any atom is -0.431 e. The van der Waals surface area contributed by atoms with E-state index in [4.69, 9.17) is 23.7 Å². The van der Waals surface area contributed by atoms with Crippen LogP contribution in [0.15, 0.2) is 117 Å². The predicted octanol–water partition coefficient (Wildman–Crippen LogP) is 5.59. The Morgan fingerprint density at radius 3 is 0.930 bits per heavy atom. The Labute approximate surface area is 249 Å². The highest BCUT2D eigenvalue weighted by Gasteiger charge is 2.26. The first kappa shape index (κ1) is 27.9. The second-order valence-corrected chi connectivity index (χ2v) is 9.48. The quantitative estimate of drug-likeness (QED) is 0.311. The van der Waals surface area contributed by atoms with Crippen LogP contribution in [0.3, 0.4) is 0 Å². The van der Waals surface area contributed by atoms with E-state index in [9.17, 15) is 0 Å². The molecule has 0 fully saturated rings. The van der Waals surface area contributed by atoms with Gasteiger partial charge in [-0.15, -0.1) is 0 Å². The van der Waals surface area contributed by atoms with Crippen molar-refractivity contribution in [2.24, 2.45) is 20.0 Å². The molecule has 9 heteroatoms. The molecule has 0 amide bonds. The Morgan fingerprint density at radius 1 is 0.395 bits per heavy atom. The Kier molecular flexibility index (Phi) is 9.11. The summed E-state index contributed by atoms with van der Waals surface area (Å²) in [4.78, 5) is 18.1. The fourth-order valence-electron chi connectivity index (χ4n) is 4.33. The molecule has 0 bridgehead atoms. The van der Waals surface area contributed by atoms with Crippen LogP contribution >= 0.6 is 0 Å². The highest BCUT2D eigenvalue weighted by atomic mass is 16.9. The van der Waals surface area contributed by atoms with Crippen molar-refractivity contribution in [2.75, 3.05) is 26.2 Å². The third-order valence-electron chi connectivity index (χ3n) is 6.43. The Balaban J connectivity index is 1.40. The van der Waals surface area contributed by atoms with Crippen LogP contribution in [0.5, 0.6) is 23.0 Å². The average molecular weight is 575 g/mol. The smallest absolute Gasteiger partial charge is 0.366 e. The molecular formula is C34H30N4O5. The lowest BCUT2D eigenvalue weighted by molar-refractivity contribution is -0.315. The van der Waals surface area contributed by atoms with E-state index in [1.54, 1.807) is 24.9 Å². The molecule has 0 unspecified atom stereocenters. The number of ether oxygens (including phenoxy) is 5. The summed E-state index contributed by atoms with van der Waals surface area (Å²) in [6.07, 6.45) is 7.02. The van der Waals surface area contributed by atoms with Gasteiger partial charge in [-0.1, -0.05) is 48.5 Å². The Hall–Kier alpha value is -5.28. The summed E-state index contributed by atoms with van der Waals surface area (Å²) >= 11 is 0. The zero-order valence-electron chi connectivity index (χ0n) is 23.4. The van der Waals surface area contributed by atoms with Gasteiger partial charge in [-0.25, -0.2) is 4.74 Å². The minimum atomic E-state index is -1.30. The molecule has 6 rings (SSSR count). The van der Waals surface area contributed by atoms with E-state index < -0.39 is 13.0 Å². The molecule has 2 aliphatic rings. The molecule has 43 heavy (non-hydrogen) atoms. The van der Waals surface area contributed by atoms with Crippen molar-refractivity contribution in [3.63, 3.8) is 0 Å². The van der Waals surface area contributed by atoms with Gasteiger partial charge in [0.25, 0.3) is 0 Å². The molecule has 0 spiro atoms. The molecule has 2 heterocycles. The van der Waals surface area contributed by atoms with E-state index in [0.29, 0.717) is 49.2 Å². The van der Waals surface area contributed by atoms with E-state index in [0.717, 1.165) is 22.3 Å². The van der Waals surface area contributed by atoms with E-state index in [2.05, 4.69) is 20.0 Å². The number of aliphatic imine (C=N–C) groups is 4. The van der Waals surface area contributed by atoms with Crippen LogP contribution in [-0.2, 0) is 4.74 Å². The first-order chi connectivity index (χ1) is 21.3. The van der Waals surface area contributed by atoms with Gasteiger partial charge in [0.2, 0.25) is 0 Å².